The van der Waals surface area contributed by atoms with Crippen molar-refractivity contribution in [2.45, 2.75) is 40.8 Å². The molecule has 0 spiro atoms. The van der Waals surface area contributed by atoms with Crippen LogP contribution in [0.3, 0.4) is 0 Å². The first-order valence-electron chi connectivity index (χ1n) is 14.5. The van der Waals surface area contributed by atoms with Crippen LogP contribution in [0.4, 0.5) is 0 Å². The van der Waals surface area contributed by atoms with E-state index >= 15 is 0 Å². The Morgan fingerprint density at radius 3 is 1.27 bits per heavy atom. The Morgan fingerprint density at radius 1 is 0.475 bits per heavy atom. The molecule has 0 N–H and O–H groups in total. The van der Waals surface area contributed by atoms with E-state index in [1.165, 1.54) is 44.8 Å². The van der Waals surface area contributed by atoms with Gasteiger partial charge in [0.15, 0.2) is 0 Å². The van der Waals surface area contributed by atoms with E-state index in [9.17, 15) is 0 Å². The summed E-state index contributed by atoms with van der Waals surface area (Å²) in [5, 5.41) is 0. The largest absolute Gasteiger partial charge is 0.380 e. The topological polar surface area (TPSA) is 28.3 Å². The summed E-state index contributed by atoms with van der Waals surface area (Å²) in [5.74, 6) is 0. The van der Waals surface area contributed by atoms with Crippen LogP contribution in [0.5, 0.6) is 0 Å². The van der Waals surface area contributed by atoms with Gasteiger partial charge in [-0.05, 0) is 65.4 Å². The van der Waals surface area contributed by atoms with Gasteiger partial charge in [-0.3, -0.25) is 0 Å². The molecule has 2 aromatic heterocycles. The SMILES string of the molecule is CC.CCOCCn1cc(-c2ccccc2)cc1-c1cccc(-c2cc(-c3ccccc3)cn2CCOCC)c1. The van der Waals surface area contributed by atoms with E-state index in [1.54, 1.807) is 0 Å². The summed E-state index contributed by atoms with van der Waals surface area (Å²) in [6.07, 6.45) is 4.49. The number of rotatable bonds is 12. The zero-order valence-electron chi connectivity index (χ0n) is 24.3. The molecule has 2 heterocycles. The van der Waals surface area contributed by atoms with E-state index in [0.717, 1.165) is 26.3 Å². The lowest BCUT2D eigenvalue weighted by Gasteiger charge is -2.12. The van der Waals surface area contributed by atoms with Crippen LogP contribution in [-0.2, 0) is 22.6 Å². The maximum atomic E-state index is 5.71. The van der Waals surface area contributed by atoms with Crippen molar-refractivity contribution in [1.29, 1.82) is 0 Å². The second kappa shape index (κ2) is 15.1. The zero-order chi connectivity index (χ0) is 28.2. The summed E-state index contributed by atoms with van der Waals surface area (Å²) in [6.45, 7) is 12.5. The Labute approximate surface area is 239 Å². The monoisotopic (exact) mass is 534 g/mol. The predicted molar refractivity (Wildman–Crippen MR) is 168 cm³/mol. The molecule has 0 saturated heterocycles. The first-order chi connectivity index (χ1) is 19.8. The molecule has 0 saturated carbocycles. The molecule has 0 aliphatic heterocycles. The van der Waals surface area contributed by atoms with Crippen molar-refractivity contribution in [2.24, 2.45) is 0 Å². The van der Waals surface area contributed by atoms with Crippen LogP contribution >= 0.6 is 0 Å². The highest BCUT2D eigenvalue weighted by Gasteiger charge is 2.14. The van der Waals surface area contributed by atoms with Gasteiger partial charge in [0.2, 0.25) is 0 Å². The summed E-state index contributed by atoms with van der Waals surface area (Å²) >= 11 is 0. The minimum Gasteiger partial charge on any atom is -0.380 e. The van der Waals surface area contributed by atoms with Crippen molar-refractivity contribution in [2.75, 3.05) is 26.4 Å². The number of hydrogen-bond acceptors (Lipinski definition) is 2. The molecule has 0 fully saturated rings. The van der Waals surface area contributed by atoms with Gasteiger partial charge in [0, 0.05) is 50.1 Å². The Kier molecular flexibility index (Phi) is 11.0. The van der Waals surface area contributed by atoms with Crippen LogP contribution in [-0.4, -0.2) is 35.6 Å². The lowest BCUT2D eigenvalue weighted by Crippen LogP contribution is -2.07. The number of nitrogens with zero attached hydrogens (tertiary/aromatic N) is 2. The Morgan fingerprint density at radius 2 is 0.875 bits per heavy atom. The molecule has 3 aromatic carbocycles. The van der Waals surface area contributed by atoms with E-state index in [-0.39, 0.29) is 0 Å². The summed E-state index contributed by atoms with van der Waals surface area (Å²) in [7, 11) is 0. The van der Waals surface area contributed by atoms with Crippen LogP contribution in [0.25, 0.3) is 44.8 Å². The summed E-state index contributed by atoms with van der Waals surface area (Å²) in [4.78, 5) is 0. The van der Waals surface area contributed by atoms with Crippen molar-refractivity contribution in [3.8, 4) is 44.8 Å². The highest BCUT2D eigenvalue weighted by Crippen LogP contribution is 2.33. The summed E-state index contributed by atoms with van der Waals surface area (Å²) in [5.41, 5.74) is 9.65. The van der Waals surface area contributed by atoms with Gasteiger partial charge in [-0.1, -0.05) is 92.7 Å². The van der Waals surface area contributed by atoms with Crippen molar-refractivity contribution in [3.63, 3.8) is 0 Å². The lowest BCUT2D eigenvalue weighted by molar-refractivity contribution is 0.139. The second-order valence-electron chi connectivity index (χ2n) is 9.32. The Balaban J connectivity index is 0.00000181. The summed E-state index contributed by atoms with van der Waals surface area (Å²) < 4.78 is 16.1. The average molecular weight is 535 g/mol. The smallest absolute Gasteiger partial charge is 0.0645 e. The molecule has 0 aliphatic rings. The quantitative estimate of drug-likeness (QED) is 0.149. The van der Waals surface area contributed by atoms with Gasteiger partial charge in [0.25, 0.3) is 0 Å². The highest BCUT2D eigenvalue weighted by molar-refractivity contribution is 5.77. The van der Waals surface area contributed by atoms with E-state index in [2.05, 4.69) is 119 Å². The molecule has 0 amide bonds. The van der Waals surface area contributed by atoms with Crippen LogP contribution in [0.1, 0.15) is 27.7 Å². The second-order valence-corrected chi connectivity index (χ2v) is 9.32. The van der Waals surface area contributed by atoms with Crippen LogP contribution in [0.15, 0.2) is 109 Å². The van der Waals surface area contributed by atoms with Crippen LogP contribution in [0.2, 0.25) is 0 Å². The molecular weight excluding hydrogens is 492 g/mol. The van der Waals surface area contributed by atoms with Crippen molar-refractivity contribution in [3.05, 3.63) is 109 Å². The molecule has 0 aliphatic carbocycles. The third-order valence-corrected chi connectivity index (χ3v) is 6.82. The third kappa shape index (κ3) is 7.20. The fraction of sp³-hybridized carbons (Fsp3) is 0.278. The van der Waals surface area contributed by atoms with Crippen molar-refractivity contribution >= 4 is 0 Å². The minimum atomic E-state index is 0.687. The average Bonchev–Trinajstić information content (AvgIpc) is 3.65. The van der Waals surface area contributed by atoms with Gasteiger partial charge in [0.1, 0.15) is 0 Å². The number of hydrogen-bond donors (Lipinski definition) is 0. The van der Waals surface area contributed by atoms with Gasteiger partial charge in [0.05, 0.1) is 13.2 Å². The number of benzene rings is 3. The highest BCUT2D eigenvalue weighted by atomic mass is 16.5. The molecule has 0 bridgehead atoms. The third-order valence-electron chi connectivity index (χ3n) is 6.82. The molecule has 208 valence electrons. The number of aromatic nitrogens is 2. The molecular formula is C36H42N2O2. The zero-order valence-corrected chi connectivity index (χ0v) is 24.3. The first-order valence-corrected chi connectivity index (χ1v) is 14.5. The molecule has 5 rings (SSSR count). The van der Waals surface area contributed by atoms with Gasteiger partial charge in [-0.2, -0.15) is 0 Å². The lowest BCUT2D eigenvalue weighted by atomic mass is 10.0. The molecule has 0 radical (unpaired) electrons. The molecule has 0 atom stereocenters. The molecule has 0 unspecified atom stereocenters. The maximum Gasteiger partial charge on any atom is 0.0645 e. The van der Waals surface area contributed by atoms with Gasteiger partial charge in [-0.15, -0.1) is 0 Å². The van der Waals surface area contributed by atoms with Crippen molar-refractivity contribution < 1.29 is 9.47 Å². The van der Waals surface area contributed by atoms with Crippen LogP contribution in [0, 0.1) is 0 Å². The van der Waals surface area contributed by atoms with E-state index < -0.39 is 0 Å². The molecule has 5 aromatic rings. The molecule has 4 nitrogen and oxygen atoms in total. The standard InChI is InChI=1S/C34H36N2O2.C2H6/c1-3-37-20-18-35-25-31(27-12-7-5-8-13-27)23-33(35)29-16-11-17-30(22-29)34-24-32(28-14-9-6-10-15-28)26-36(34)19-21-38-4-2;1-2/h5-17,22-26H,3-4,18-21H2,1-2H3;1-2H3. The molecule has 40 heavy (non-hydrogen) atoms. The van der Waals surface area contributed by atoms with Gasteiger partial charge < -0.3 is 18.6 Å². The number of ether oxygens (including phenoxy) is 2. The van der Waals surface area contributed by atoms with E-state index in [1.807, 2.05) is 27.7 Å². The Bertz CT molecular complexity index is 1330. The Hall–Kier alpha value is -3.86. The maximum absolute atomic E-state index is 5.71. The van der Waals surface area contributed by atoms with Crippen LogP contribution < -0.4 is 0 Å². The van der Waals surface area contributed by atoms with Gasteiger partial charge >= 0.3 is 0 Å². The molecule has 4 heteroatoms. The first kappa shape index (κ1) is 29.1. The minimum absolute atomic E-state index is 0.687. The van der Waals surface area contributed by atoms with E-state index in [4.69, 9.17) is 9.47 Å². The normalized spacial score (nSPS) is 10.8. The summed E-state index contributed by atoms with van der Waals surface area (Å²) in [6, 6.07) is 34.6. The van der Waals surface area contributed by atoms with Gasteiger partial charge in [-0.25, -0.2) is 0 Å². The van der Waals surface area contributed by atoms with E-state index in [0.29, 0.717) is 13.2 Å². The fourth-order valence-electron chi connectivity index (χ4n) is 4.91. The van der Waals surface area contributed by atoms with Crippen molar-refractivity contribution in [1.82, 2.24) is 9.13 Å². The fourth-order valence-corrected chi connectivity index (χ4v) is 4.91. The predicted octanol–water partition coefficient (Wildman–Crippen LogP) is 9.06.